The number of rotatable bonds is 9. The summed E-state index contributed by atoms with van der Waals surface area (Å²) in [6.45, 7) is 9.83. The van der Waals surface area contributed by atoms with Crippen LogP contribution in [0.4, 0.5) is 0 Å². The summed E-state index contributed by atoms with van der Waals surface area (Å²) in [6, 6.07) is 0. The molecular formula is C16H32N2O3. The Hall–Kier alpha value is -0.650. The first kappa shape index (κ1) is 18.4. The van der Waals surface area contributed by atoms with E-state index in [1.807, 2.05) is 0 Å². The van der Waals surface area contributed by atoms with Crippen LogP contribution in [0.3, 0.4) is 0 Å². The fourth-order valence-electron chi connectivity index (χ4n) is 2.94. The van der Waals surface area contributed by atoms with Gasteiger partial charge >= 0.3 is 5.97 Å². The predicted octanol–water partition coefficient (Wildman–Crippen LogP) is 1.97. The van der Waals surface area contributed by atoms with Crippen LogP contribution < -0.4 is 5.32 Å². The second kappa shape index (κ2) is 8.71. The first-order chi connectivity index (χ1) is 9.92. The van der Waals surface area contributed by atoms with Crippen molar-refractivity contribution < 1.29 is 14.6 Å². The van der Waals surface area contributed by atoms with Crippen LogP contribution in [-0.2, 0) is 9.53 Å². The third-order valence-electron chi connectivity index (χ3n) is 4.66. The largest absolute Gasteiger partial charge is 0.480 e. The number of nitrogens with one attached hydrogen (secondary N) is 1. The number of hydrogen-bond donors (Lipinski definition) is 2. The van der Waals surface area contributed by atoms with Gasteiger partial charge in [0.25, 0.3) is 0 Å². The molecule has 0 aromatic carbocycles. The molecule has 3 atom stereocenters. The van der Waals surface area contributed by atoms with Crippen molar-refractivity contribution in [3.05, 3.63) is 0 Å². The van der Waals surface area contributed by atoms with Gasteiger partial charge in [0, 0.05) is 13.7 Å². The van der Waals surface area contributed by atoms with E-state index in [2.05, 4.69) is 24.1 Å². The minimum atomic E-state index is -0.806. The zero-order valence-corrected chi connectivity index (χ0v) is 14.0. The Labute approximate surface area is 129 Å². The first-order valence-corrected chi connectivity index (χ1v) is 8.16. The number of piperidine rings is 1. The normalized spacial score (nSPS) is 26.5. The molecule has 1 aliphatic heterocycles. The van der Waals surface area contributed by atoms with E-state index in [0.29, 0.717) is 18.4 Å². The second-order valence-corrected chi connectivity index (χ2v) is 6.51. The van der Waals surface area contributed by atoms with Crippen molar-refractivity contribution in [2.24, 2.45) is 5.92 Å². The van der Waals surface area contributed by atoms with Crippen LogP contribution in [0.1, 0.15) is 46.5 Å². The van der Waals surface area contributed by atoms with E-state index in [1.165, 1.54) is 0 Å². The molecule has 0 aromatic heterocycles. The number of methoxy groups -OCH3 is 1. The average molecular weight is 300 g/mol. The summed E-state index contributed by atoms with van der Waals surface area (Å²) >= 11 is 0. The summed E-state index contributed by atoms with van der Waals surface area (Å²) in [5, 5.41) is 12.6. The topological polar surface area (TPSA) is 61.8 Å². The van der Waals surface area contributed by atoms with Crippen molar-refractivity contribution in [3.63, 3.8) is 0 Å². The molecule has 0 aliphatic carbocycles. The summed E-state index contributed by atoms with van der Waals surface area (Å²) in [5.41, 5.74) is -0.806. The van der Waals surface area contributed by atoms with Crippen molar-refractivity contribution in [2.75, 3.05) is 33.3 Å². The summed E-state index contributed by atoms with van der Waals surface area (Å²) < 4.78 is 5.52. The molecule has 124 valence electrons. The lowest BCUT2D eigenvalue weighted by Gasteiger charge is -2.36. The maximum absolute atomic E-state index is 11.5. The third-order valence-corrected chi connectivity index (χ3v) is 4.66. The molecule has 0 aromatic rings. The maximum atomic E-state index is 11.5. The SMILES string of the molecule is CCCNC(C)(CCCN1CCC(C)C(OC)C1)C(=O)O. The number of ether oxygens (including phenoxy) is 1. The molecule has 0 spiro atoms. The van der Waals surface area contributed by atoms with E-state index in [0.717, 1.165) is 45.4 Å². The number of likely N-dealkylation sites (tertiary alicyclic amines) is 1. The molecule has 3 unspecified atom stereocenters. The lowest BCUT2D eigenvalue weighted by Crippen LogP contribution is -2.50. The minimum absolute atomic E-state index is 0.308. The molecule has 1 heterocycles. The fraction of sp³-hybridized carbons (Fsp3) is 0.938. The highest BCUT2D eigenvalue weighted by Crippen LogP contribution is 2.20. The Morgan fingerprint density at radius 1 is 1.52 bits per heavy atom. The van der Waals surface area contributed by atoms with Gasteiger partial charge < -0.3 is 20.1 Å². The Bertz CT molecular complexity index is 325. The number of hydrogen-bond acceptors (Lipinski definition) is 4. The zero-order chi connectivity index (χ0) is 15.9. The minimum Gasteiger partial charge on any atom is -0.480 e. The fourth-order valence-corrected chi connectivity index (χ4v) is 2.94. The molecule has 1 saturated heterocycles. The van der Waals surface area contributed by atoms with Gasteiger partial charge in [-0.3, -0.25) is 4.79 Å². The zero-order valence-electron chi connectivity index (χ0n) is 14.0. The molecule has 1 aliphatic rings. The van der Waals surface area contributed by atoms with Gasteiger partial charge in [0.05, 0.1) is 6.10 Å². The molecule has 0 amide bonds. The van der Waals surface area contributed by atoms with Crippen molar-refractivity contribution in [1.82, 2.24) is 10.2 Å². The van der Waals surface area contributed by atoms with E-state index >= 15 is 0 Å². The number of carbonyl (C=O) groups is 1. The predicted molar refractivity (Wildman–Crippen MR) is 84.6 cm³/mol. The highest BCUT2D eigenvalue weighted by molar-refractivity contribution is 5.78. The maximum Gasteiger partial charge on any atom is 0.323 e. The number of carboxylic acid groups (broad SMARTS) is 1. The highest BCUT2D eigenvalue weighted by atomic mass is 16.5. The van der Waals surface area contributed by atoms with E-state index < -0.39 is 11.5 Å². The highest BCUT2D eigenvalue weighted by Gasteiger charge is 2.32. The molecule has 0 radical (unpaired) electrons. The van der Waals surface area contributed by atoms with Crippen molar-refractivity contribution >= 4 is 5.97 Å². The Morgan fingerprint density at radius 3 is 2.81 bits per heavy atom. The molecule has 5 nitrogen and oxygen atoms in total. The van der Waals surface area contributed by atoms with Crippen LogP contribution in [0.15, 0.2) is 0 Å². The van der Waals surface area contributed by atoms with Gasteiger partial charge in [-0.05, 0) is 58.2 Å². The Morgan fingerprint density at radius 2 is 2.24 bits per heavy atom. The smallest absolute Gasteiger partial charge is 0.323 e. The average Bonchev–Trinajstić information content (AvgIpc) is 2.46. The van der Waals surface area contributed by atoms with Crippen LogP contribution in [0.2, 0.25) is 0 Å². The Kier molecular flexibility index (Phi) is 7.63. The standard InChI is InChI=1S/C16H32N2O3/c1-5-9-17-16(3,15(19)20)8-6-10-18-11-7-13(2)14(12-18)21-4/h13-14,17H,5-12H2,1-4H3,(H,19,20). The Balaban J connectivity index is 2.38. The van der Waals surface area contributed by atoms with Gasteiger partial charge in [-0.2, -0.15) is 0 Å². The molecular weight excluding hydrogens is 268 g/mol. The van der Waals surface area contributed by atoms with Gasteiger partial charge in [0.15, 0.2) is 0 Å². The summed E-state index contributed by atoms with van der Waals surface area (Å²) in [4.78, 5) is 13.9. The molecule has 1 fully saturated rings. The molecule has 5 heteroatoms. The first-order valence-electron chi connectivity index (χ1n) is 8.16. The molecule has 2 N–H and O–H groups in total. The number of nitrogens with zero attached hydrogens (tertiary/aromatic N) is 1. The third kappa shape index (κ3) is 5.57. The van der Waals surface area contributed by atoms with Crippen molar-refractivity contribution in [2.45, 2.75) is 58.1 Å². The number of aliphatic carboxylic acids is 1. The van der Waals surface area contributed by atoms with Crippen LogP contribution in [0.5, 0.6) is 0 Å². The van der Waals surface area contributed by atoms with Gasteiger partial charge in [0.1, 0.15) is 5.54 Å². The molecule has 21 heavy (non-hydrogen) atoms. The molecule has 0 bridgehead atoms. The van der Waals surface area contributed by atoms with Gasteiger partial charge in [-0.1, -0.05) is 13.8 Å². The van der Waals surface area contributed by atoms with Crippen LogP contribution in [-0.4, -0.2) is 60.9 Å². The lowest BCUT2D eigenvalue weighted by molar-refractivity contribution is -0.144. The van der Waals surface area contributed by atoms with Crippen molar-refractivity contribution in [3.8, 4) is 0 Å². The van der Waals surface area contributed by atoms with E-state index in [9.17, 15) is 9.90 Å². The van der Waals surface area contributed by atoms with E-state index in [4.69, 9.17) is 4.74 Å². The quantitative estimate of drug-likeness (QED) is 0.681. The number of carboxylic acids is 1. The van der Waals surface area contributed by atoms with Crippen LogP contribution in [0, 0.1) is 5.92 Å². The van der Waals surface area contributed by atoms with Gasteiger partial charge in [0.2, 0.25) is 0 Å². The lowest BCUT2D eigenvalue weighted by atomic mass is 9.93. The van der Waals surface area contributed by atoms with E-state index in [-0.39, 0.29) is 0 Å². The molecule has 0 saturated carbocycles. The van der Waals surface area contributed by atoms with Gasteiger partial charge in [-0.25, -0.2) is 0 Å². The summed E-state index contributed by atoms with van der Waals surface area (Å²) in [6.07, 6.45) is 3.96. The van der Waals surface area contributed by atoms with Crippen molar-refractivity contribution in [1.29, 1.82) is 0 Å². The summed E-state index contributed by atoms with van der Waals surface area (Å²) in [7, 11) is 1.78. The molecule has 1 rings (SSSR count). The van der Waals surface area contributed by atoms with Gasteiger partial charge in [-0.15, -0.1) is 0 Å². The van der Waals surface area contributed by atoms with E-state index in [1.54, 1.807) is 14.0 Å². The summed E-state index contributed by atoms with van der Waals surface area (Å²) in [5.74, 6) is -0.139. The second-order valence-electron chi connectivity index (χ2n) is 6.51. The monoisotopic (exact) mass is 300 g/mol. The van der Waals surface area contributed by atoms with Crippen LogP contribution >= 0.6 is 0 Å². The van der Waals surface area contributed by atoms with Crippen LogP contribution in [0.25, 0.3) is 0 Å².